The fourth-order valence-corrected chi connectivity index (χ4v) is 2.73. The Balaban J connectivity index is 1.52. The highest BCUT2D eigenvalue weighted by molar-refractivity contribution is 9.10. The number of hydrogen-bond acceptors (Lipinski definition) is 4. The Labute approximate surface area is 179 Å². The Bertz CT molecular complexity index is 982. The van der Waals surface area contributed by atoms with Gasteiger partial charge in [0.1, 0.15) is 0 Å². The number of carbonyl (C=O) groups excluding carboxylic acids is 1. The van der Waals surface area contributed by atoms with Gasteiger partial charge in [0.25, 0.3) is 5.91 Å². The van der Waals surface area contributed by atoms with Crippen LogP contribution in [0.2, 0.25) is 0 Å². The number of nitrogens with one attached hydrogen (secondary N) is 2. The number of hydrazone groups is 2. The maximum Gasteiger partial charge on any atom is 0.271 e. The van der Waals surface area contributed by atoms with Crippen molar-refractivity contribution in [1.29, 1.82) is 0 Å². The molecule has 0 saturated carbocycles. The number of hydrogen-bond donors (Lipinski definition) is 2. The molecule has 7 heteroatoms. The molecule has 0 atom stereocenters. The third-order valence-corrected chi connectivity index (χ3v) is 4.73. The molecule has 0 heterocycles. The highest BCUT2D eigenvalue weighted by atomic mass is 79.9. The third kappa shape index (κ3) is 6.14. The number of benzene rings is 3. The lowest BCUT2D eigenvalue weighted by Gasteiger charge is -2.03. The second kappa shape index (κ2) is 9.96. The van der Waals surface area contributed by atoms with Crippen LogP contribution in [0.4, 0.5) is 5.69 Å². The van der Waals surface area contributed by atoms with Gasteiger partial charge < -0.3 is 0 Å². The first-order chi connectivity index (χ1) is 13.6. The van der Waals surface area contributed by atoms with Crippen LogP contribution in [0.1, 0.15) is 21.5 Å². The fourth-order valence-electron chi connectivity index (χ4n) is 2.21. The predicted octanol–water partition coefficient (Wildman–Crippen LogP) is 5.42. The van der Waals surface area contributed by atoms with E-state index in [0.29, 0.717) is 5.56 Å². The van der Waals surface area contributed by atoms with Gasteiger partial charge in [0, 0.05) is 14.5 Å². The number of rotatable bonds is 6. The van der Waals surface area contributed by atoms with Crippen LogP contribution in [0, 0.1) is 0 Å². The fraction of sp³-hybridized carbons (Fsp3) is 0. The van der Waals surface area contributed by atoms with Gasteiger partial charge in [0.15, 0.2) is 0 Å². The number of nitrogens with zero attached hydrogens (tertiary/aromatic N) is 2. The average Bonchev–Trinajstić information content (AvgIpc) is 2.71. The molecule has 140 valence electrons. The van der Waals surface area contributed by atoms with E-state index in [1.807, 2.05) is 48.5 Å². The molecule has 3 aromatic rings. The van der Waals surface area contributed by atoms with Gasteiger partial charge in [0.2, 0.25) is 0 Å². The summed E-state index contributed by atoms with van der Waals surface area (Å²) in [5, 5.41) is 8.16. The van der Waals surface area contributed by atoms with E-state index in [1.165, 1.54) is 0 Å². The smallest absolute Gasteiger partial charge is 0.271 e. The summed E-state index contributed by atoms with van der Waals surface area (Å²) in [5.74, 6) is -0.279. The quantitative estimate of drug-likeness (QED) is 0.351. The van der Waals surface area contributed by atoms with Crippen LogP contribution in [-0.2, 0) is 0 Å². The molecule has 28 heavy (non-hydrogen) atoms. The van der Waals surface area contributed by atoms with Gasteiger partial charge in [-0.05, 0) is 59.7 Å². The van der Waals surface area contributed by atoms with Crippen LogP contribution in [0.3, 0.4) is 0 Å². The predicted molar refractivity (Wildman–Crippen MR) is 121 cm³/mol. The number of anilines is 1. The molecule has 0 aliphatic heterocycles. The number of halogens is 2. The second-order valence-corrected chi connectivity index (χ2v) is 7.58. The minimum Gasteiger partial charge on any atom is -0.279 e. The third-order valence-electron chi connectivity index (χ3n) is 3.67. The Kier molecular flexibility index (Phi) is 7.11. The monoisotopic (exact) mass is 498 g/mol. The topological polar surface area (TPSA) is 65.8 Å². The molecule has 3 aromatic carbocycles. The molecule has 0 spiro atoms. The van der Waals surface area contributed by atoms with Crippen LogP contribution in [0.5, 0.6) is 0 Å². The van der Waals surface area contributed by atoms with Crippen molar-refractivity contribution < 1.29 is 4.79 Å². The Morgan fingerprint density at radius 2 is 1.21 bits per heavy atom. The van der Waals surface area contributed by atoms with Crippen molar-refractivity contribution in [3.8, 4) is 0 Å². The van der Waals surface area contributed by atoms with Crippen molar-refractivity contribution >= 4 is 55.9 Å². The summed E-state index contributed by atoms with van der Waals surface area (Å²) >= 11 is 6.77. The average molecular weight is 500 g/mol. The Morgan fingerprint density at radius 3 is 1.75 bits per heavy atom. The minimum atomic E-state index is -0.279. The van der Waals surface area contributed by atoms with Gasteiger partial charge >= 0.3 is 0 Å². The molecule has 0 aliphatic carbocycles. The van der Waals surface area contributed by atoms with E-state index in [2.05, 4.69) is 52.9 Å². The summed E-state index contributed by atoms with van der Waals surface area (Å²) in [6.07, 6.45) is 3.32. The summed E-state index contributed by atoms with van der Waals surface area (Å²) in [6.45, 7) is 0. The van der Waals surface area contributed by atoms with Gasteiger partial charge in [-0.3, -0.25) is 10.2 Å². The molecular formula is C21H16Br2N4O. The molecule has 0 radical (unpaired) electrons. The summed E-state index contributed by atoms with van der Waals surface area (Å²) in [5.41, 5.74) is 8.62. The normalized spacial score (nSPS) is 11.1. The molecule has 3 rings (SSSR count). The summed E-state index contributed by atoms with van der Waals surface area (Å²) in [7, 11) is 0. The first-order valence-electron chi connectivity index (χ1n) is 8.34. The molecule has 2 N–H and O–H groups in total. The molecule has 0 aromatic heterocycles. The highest BCUT2D eigenvalue weighted by Crippen LogP contribution is 2.11. The lowest BCUT2D eigenvalue weighted by atomic mass is 10.2. The zero-order valence-corrected chi connectivity index (χ0v) is 17.8. The van der Waals surface area contributed by atoms with E-state index in [0.717, 1.165) is 25.8 Å². The van der Waals surface area contributed by atoms with E-state index in [9.17, 15) is 4.79 Å². The van der Waals surface area contributed by atoms with E-state index in [-0.39, 0.29) is 5.91 Å². The number of carbonyl (C=O) groups is 1. The molecule has 0 fully saturated rings. The van der Waals surface area contributed by atoms with Crippen LogP contribution in [0.15, 0.2) is 91.9 Å². The van der Waals surface area contributed by atoms with Crippen molar-refractivity contribution in [2.75, 3.05) is 5.43 Å². The molecular weight excluding hydrogens is 484 g/mol. The van der Waals surface area contributed by atoms with Crippen molar-refractivity contribution in [2.45, 2.75) is 0 Å². The van der Waals surface area contributed by atoms with Crippen LogP contribution >= 0.6 is 31.9 Å². The standard InChI is InChI=1S/C21H16Br2N4O/c22-18-7-1-15(2-8-18)13-24-26-20-11-5-17(6-12-20)21(28)27-25-14-16-3-9-19(23)10-4-16/h1-14,26H,(H,27,28). The van der Waals surface area contributed by atoms with E-state index in [1.54, 1.807) is 36.7 Å². The lowest BCUT2D eigenvalue weighted by molar-refractivity contribution is 0.0955. The molecule has 0 unspecified atom stereocenters. The van der Waals surface area contributed by atoms with E-state index in [4.69, 9.17) is 0 Å². The van der Waals surface area contributed by atoms with Gasteiger partial charge in [0.05, 0.1) is 18.1 Å². The molecule has 0 saturated heterocycles. The zero-order chi connectivity index (χ0) is 19.8. The largest absolute Gasteiger partial charge is 0.279 e. The Morgan fingerprint density at radius 1 is 0.714 bits per heavy atom. The zero-order valence-electron chi connectivity index (χ0n) is 14.6. The van der Waals surface area contributed by atoms with Crippen molar-refractivity contribution in [3.05, 3.63) is 98.4 Å². The summed E-state index contributed by atoms with van der Waals surface area (Å²) < 4.78 is 2.01. The first kappa shape index (κ1) is 20.0. The molecule has 5 nitrogen and oxygen atoms in total. The van der Waals surface area contributed by atoms with Crippen molar-refractivity contribution in [2.24, 2.45) is 10.2 Å². The van der Waals surface area contributed by atoms with Crippen LogP contribution in [0.25, 0.3) is 0 Å². The summed E-state index contributed by atoms with van der Waals surface area (Å²) in [4.78, 5) is 12.1. The van der Waals surface area contributed by atoms with Gasteiger partial charge in [-0.15, -0.1) is 0 Å². The second-order valence-electron chi connectivity index (χ2n) is 5.75. The van der Waals surface area contributed by atoms with Crippen molar-refractivity contribution in [3.63, 3.8) is 0 Å². The maximum absolute atomic E-state index is 12.1. The van der Waals surface area contributed by atoms with Gasteiger partial charge in [-0.25, -0.2) is 5.43 Å². The molecule has 0 aliphatic rings. The lowest BCUT2D eigenvalue weighted by Crippen LogP contribution is -2.17. The van der Waals surface area contributed by atoms with E-state index >= 15 is 0 Å². The van der Waals surface area contributed by atoms with Crippen LogP contribution in [-0.4, -0.2) is 18.3 Å². The first-order valence-corrected chi connectivity index (χ1v) is 9.92. The summed E-state index contributed by atoms with van der Waals surface area (Å²) in [6, 6.07) is 22.4. The van der Waals surface area contributed by atoms with Gasteiger partial charge in [-0.1, -0.05) is 56.1 Å². The highest BCUT2D eigenvalue weighted by Gasteiger charge is 2.03. The number of amides is 1. The molecule has 1 amide bonds. The van der Waals surface area contributed by atoms with Crippen LogP contribution < -0.4 is 10.9 Å². The minimum absolute atomic E-state index is 0.279. The van der Waals surface area contributed by atoms with Crippen molar-refractivity contribution in [1.82, 2.24) is 5.43 Å². The Hall–Kier alpha value is -2.77. The van der Waals surface area contributed by atoms with E-state index < -0.39 is 0 Å². The van der Waals surface area contributed by atoms with Gasteiger partial charge in [-0.2, -0.15) is 10.2 Å². The molecule has 0 bridgehead atoms. The SMILES string of the molecule is O=C(NN=Cc1ccc(Br)cc1)c1ccc(NN=Cc2ccc(Br)cc2)cc1. The maximum atomic E-state index is 12.1.